The third-order valence-electron chi connectivity index (χ3n) is 3.22. The normalized spacial score (nSPS) is 19.9. The largest absolute Gasteiger partial charge is 0.481 e. The number of rotatable bonds is 4. The zero-order chi connectivity index (χ0) is 14.9. The lowest BCUT2D eigenvalue weighted by molar-refractivity contribution is -0.149. The van der Waals surface area contributed by atoms with Crippen LogP contribution in [-0.2, 0) is 14.4 Å². The summed E-state index contributed by atoms with van der Waals surface area (Å²) in [5.41, 5.74) is 0.108. The molecule has 0 saturated carbocycles. The number of aliphatic carboxylic acids is 2. The molecule has 1 aromatic carbocycles. The Kier molecular flexibility index (Phi) is 3.69. The Morgan fingerprint density at radius 3 is 2.55 bits per heavy atom. The average molecular weight is 281 g/mol. The van der Waals surface area contributed by atoms with E-state index < -0.39 is 35.6 Å². The van der Waals surface area contributed by atoms with E-state index >= 15 is 0 Å². The molecule has 1 heterocycles. The quantitative estimate of drug-likeness (QED) is 0.854. The Morgan fingerprint density at radius 1 is 1.35 bits per heavy atom. The molecule has 6 nitrogen and oxygen atoms in total. The van der Waals surface area contributed by atoms with Crippen LogP contribution in [0.25, 0.3) is 0 Å². The first-order chi connectivity index (χ1) is 9.40. The molecule has 0 spiro atoms. The standard InChI is InChI=1S/C13H12FNO5/c14-9-3-1-2-7(4-9)11(13(19)20)15-6-8(12(17)18)5-10(15)16/h1-4,8,11H,5-6H2,(H,17,18)(H,19,20). The second kappa shape index (κ2) is 5.28. The summed E-state index contributed by atoms with van der Waals surface area (Å²) in [5, 5.41) is 18.2. The van der Waals surface area contributed by atoms with Crippen molar-refractivity contribution in [3.05, 3.63) is 35.6 Å². The van der Waals surface area contributed by atoms with Crippen LogP contribution in [0.2, 0.25) is 0 Å². The van der Waals surface area contributed by atoms with Gasteiger partial charge in [0, 0.05) is 13.0 Å². The molecule has 2 rings (SSSR count). The molecule has 0 radical (unpaired) electrons. The molecule has 20 heavy (non-hydrogen) atoms. The highest BCUT2D eigenvalue weighted by Crippen LogP contribution is 2.29. The number of carbonyl (C=O) groups is 3. The number of likely N-dealkylation sites (tertiary alicyclic amines) is 1. The van der Waals surface area contributed by atoms with Gasteiger partial charge in [0.2, 0.25) is 5.91 Å². The number of benzene rings is 1. The fraction of sp³-hybridized carbons (Fsp3) is 0.308. The van der Waals surface area contributed by atoms with Gasteiger partial charge >= 0.3 is 11.9 Å². The van der Waals surface area contributed by atoms with Crippen LogP contribution in [0, 0.1) is 11.7 Å². The smallest absolute Gasteiger partial charge is 0.331 e. The Bertz CT molecular complexity index is 574. The maximum atomic E-state index is 13.2. The van der Waals surface area contributed by atoms with Gasteiger partial charge in [-0.25, -0.2) is 9.18 Å². The van der Waals surface area contributed by atoms with Crippen molar-refractivity contribution in [2.45, 2.75) is 12.5 Å². The van der Waals surface area contributed by atoms with E-state index in [0.717, 1.165) is 17.0 Å². The van der Waals surface area contributed by atoms with Crippen LogP contribution in [0.3, 0.4) is 0 Å². The predicted molar refractivity (Wildman–Crippen MR) is 64.2 cm³/mol. The Balaban J connectivity index is 2.33. The maximum Gasteiger partial charge on any atom is 0.331 e. The van der Waals surface area contributed by atoms with Crippen LogP contribution in [-0.4, -0.2) is 39.5 Å². The molecule has 1 aliphatic heterocycles. The van der Waals surface area contributed by atoms with Gasteiger partial charge in [0.1, 0.15) is 5.82 Å². The summed E-state index contributed by atoms with van der Waals surface area (Å²) in [6.45, 7) is -0.193. The number of carboxylic acids is 2. The molecule has 0 aliphatic carbocycles. The van der Waals surface area contributed by atoms with E-state index in [1.165, 1.54) is 12.1 Å². The third kappa shape index (κ3) is 2.61. The van der Waals surface area contributed by atoms with E-state index in [-0.39, 0.29) is 18.5 Å². The minimum absolute atomic E-state index is 0.108. The van der Waals surface area contributed by atoms with Gasteiger partial charge in [-0.2, -0.15) is 0 Å². The molecule has 2 unspecified atom stereocenters. The van der Waals surface area contributed by atoms with Crippen molar-refractivity contribution < 1.29 is 29.0 Å². The number of hydrogen-bond acceptors (Lipinski definition) is 3. The summed E-state index contributed by atoms with van der Waals surface area (Å²) in [7, 11) is 0. The second-order valence-electron chi connectivity index (χ2n) is 4.58. The van der Waals surface area contributed by atoms with Gasteiger partial charge < -0.3 is 15.1 Å². The van der Waals surface area contributed by atoms with E-state index in [4.69, 9.17) is 5.11 Å². The van der Waals surface area contributed by atoms with Crippen LogP contribution < -0.4 is 0 Å². The van der Waals surface area contributed by atoms with E-state index in [0.29, 0.717) is 0 Å². The van der Waals surface area contributed by atoms with Gasteiger partial charge in [-0.15, -0.1) is 0 Å². The number of carbonyl (C=O) groups excluding carboxylic acids is 1. The van der Waals surface area contributed by atoms with Gasteiger partial charge in [0.15, 0.2) is 6.04 Å². The summed E-state index contributed by atoms with van der Waals surface area (Å²) in [6, 6.07) is 3.55. The van der Waals surface area contributed by atoms with Crippen molar-refractivity contribution >= 4 is 17.8 Å². The van der Waals surface area contributed by atoms with Crippen LogP contribution in [0.15, 0.2) is 24.3 Å². The molecule has 2 N–H and O–H groups in total. The molecule has 106 valence electrons. The minimum Gasteiger partial charge on any atom is -0.481 e. The van der Waals surface area contributed by atoms with Crippen molar-refractivity contribution in [3.8, 4) is 0 Å². The van der Waals surface area contributed by atoms with Crippen molar-refractivity contribution in [2.75, 3.05) is 6.54 Å². The van der Waals surface area contributed by atoms with E-state index in [2.05, 4.69) is 0 Å². The van der Waals surface area contributed by atoms with Crippen molar-refractivity contribution in [1.82, 2.24) is 4.90 Å². The monoisotopic (exact) mass is 281 g/mol. The zero-order valence-corrected chi connectivity index (χ0v) is 10.3. The summed E-state index contributed by atoms with van der Waals surface area (Å²) >= 11 is 0. The highest BCUT2D eigenvalue weighted by atomic mass is 19.1. The summed E-state index contributed by atoms with van der Waals surface area (Å²) in [6.07, 6.45) is -0.242. The number of nitrogens with zero attached hydrogens (tertiary/aromatic N) is 1. The molecule has 2 atom stereocenters. The molecule has 1 saturated heterocycles. The fourth-order valence-corrected chi connectivity index (χ4v) is 2.28. The predicted octanol–water partition coefficient (Wildman–Crippen LogP) is 0.884. The van der Waals surface area contributed by atoms with E-state index in [9.17, 15) is 23.9 Å². The summed E-state index contributed by atoms with van der Waals surface area (Å²) < 4.78 is 13.2. The lowest BCUT2D eigenvalue weighted by Crippen LogP contribution is -2.35. The molecule has 0 bridgehead atoms. The first kappa shape index (κ1) is 14.0. The molecule has 1 amide bonds. The molecular formula is C13H12FNO5. The molecule has 7 heteroatoms. The highest BCUT2D eigenvalue weighted by Gasteiger charge is 2.41. The number of carboxylic acid groups (broad SMARTS) is 2. The number of hydrogen-bond donors (Lipinski definition) is 2. The molecule has 1 fully saturated rings. The number of amides is 1. The molecule has 0 aromatic heterocycles. The second-order valence-corrected chi connectivity index (χ2v) is 4.58. The van der Waals surface area contributed by atoms with E-state index in [1.54, 1.807) is 0 Å². The summed E-state index contributed by atoms with van der Waals surface area (Å²) in [4.78, 5) is 35.0. The minimum atomic E-state index is -1.37. The zero-order valence-electron chi connectivity index (χ0n) is 10.3. The molecular weight excluding hydrogens is 269 g/mol. The number of halogens is 1. The lowest BCUT2D eigenvalue weighted by Gasteiger charge is -2.24. The van der Waals surface area contributed by atoms with Crippen LogP contribution in [0.1, 0.15) is 18.0 Å². The van der Waals surface area contributed by atoms with E-state index in [1.807, 2.05) is 0 Å². The lowest BCUT2D eigenvalue weighted by atomic mass is 10.1. The van der Waals surface area contributed by atoms with Crippen LogP contribution in [0.4, 0.5) is 4.39 Å². The Morgan fingerprint density at radius 2 is 2.05 bits per heavy atom. The topological polar surface area (TPSA) is 94.9 Å². The van der Waals surface area contributed by atoms with Gasteiger partial charge in [-0.05, 0) is 17.7 Å². The van der Waals surface area contributed by atoms with Crippen LogP contribution in [0.5, 0.6) is 0 Å². The maximum absolute atomic E-state index is 13.2. The van der Waals surface area contributed by atoms with Gasteiger partial charge in [-0.3, -0.25) is 9.59 Å². The summed E-state index contributed by atoms with van der Waals surface area (Å²) in [5.74, 6) is -4.58. The fourth-order valence-electron chi connectivity index (χ4n) is 2.28. The molecule has 1 aromatic rings. The Hall–Kier alpha value is -2.44. The average Bonchev–Trinajstić information content (AvgIpc) is 2.72. The van der Waals surface area contributed by atoms with Gasteiger partial charge in [0.25, 0.3) is 0 Å². The highest BCUT2D eigenvalue weighted by molar-refractivity contribution is 5.90. The van der Waals surface area contributed by atoms with Crippen molar-refractivity contribution in [2.24, 2.45) is 5.92 Å². The Labute approximate surface area is 113 Å². The van der Waals surface area contributed by atoms with Gasteiger partial charge in [-0.1, -0.05) is 12.1 Å². The van der Waals surface area contributed by atoms with Crippen molar-refractivity contribution in [1.29, 1.82) is 0 Å². The van der Waals surface area contributed by atoms with Crippen molar-refractivity contribution in [3.63, 3.8) is 0 Å². The molecule has 1 aliphatic rings. The third-order valence-corrected chi connectivity index (χ3v) is 3.22. The van der Waals surface area contributed by atoms with Gasteiger partial charge in [0.05, 0.1) is 5.92 Å². The first-order valence-electron chi connectivity index (χ1n) is 5.90. The SMILES string of the molecule is O=C(O)C1CC(=O)N(C(C(=O)O)c2cccc(F)c2)C1. The van der Waals surface area contributed by atoms with Crippen LogP contribution >= 0.6 is 0 Å². The first-order valence-corrected chi connectivity index (χ1v) is 5.90.